The van der Waals surface area contributed by atoms with E-state index in [9.17, 15) is 19.5 Å². The molecule has 1 aromatic heterocycles. The first-order valence-corrected chi connectivity index (χ1v) is 9.61. The van der Waals surface area contributed by atoms with Crippen LogP contribution in [0.15, 0.2) is 58.1 Å². The number of amides is 3. The summed E-state index contributed by atoms with van der Waals surface area (Å²) in [5, 5.41) is 11.8. The highest BCUT2D eigenvalue weighted by molar-refractivity contribution is 8.18. The molecule has 0 aliphatic carbocycles. The molecule has 1 aliphatic heterocycles. The van der Waals surface area contributed by atoms with E-state index in [2.05, 4.69) is 5.32 Å². The van der Waals surface area contributed by atoms with Gasteiger partial charge in [-0.05, 0) is 35.9 Å². The van der Waals surface area contributed by atoms with Crippen LogP contribution in [-0.2, 0) is 16.0 Å². The summed E-state index contributed by atoms with van der Waals surface area (Å²) in [4.78, 5) is 38.0. The third kappa shape index (κ3) is 5.11. The molecule has 1 atom stereocenters. The summed E-state index contributed by atoms with van der Waals surface area (Å²) in [6, 6.07) is 12.5. The van der Waals surface area contributed by atoms with Gasteiger partial charge in [0.1, 0.15) is 5.76 Å². The summed E-state index contributed by atoms with van der Waals surface area (Å²) in [5.41, 5.74) is 0.996. The molecule has 0 spiro atoms. The van der Waals surface area contributed by atoms with Crippen molar-refractivity contribution in [3.8, 4) is 0 Å². The smallest absolute Gasteiger partial charge is 0.293 e. The number of benzene rings is 1. The number of furan rings is 1. The standard InChI is InChI=1S/C20H20N2O5S/c23-13-15(11-14-5-2-1-3-6-14)21-18(24)8-9-22-19(25)17(28-20(22)26)12-16-7-4-10-27-16/h1-7,10,12,15,23H,8-9,11,13H2,(H,21,24)/b17-12+/t15-/m1/s1. The van der Waals surface area contributed by atoms with Crippen molar-refractivity contribution in [2.75, 3.05) is 13.2 Å². The highest BCUT2D eigenvalue weighted by atomic mass is 32.2. The first-order valence-electron chi connectivity index (χ1n) is 8.80. The van der Waals surface area contributed by atoms with Crippen molar-refractivity contribution < 1.29 is 23.9 Å². The summed E-state index contributed by atoms with van der Waals surface area (Å²) >= 11 is 0.819. The van der Waals surface area contributed by atoms with Crippen LogP contribution in [-0.4, -0.2) is 46.3 Å². The fraction of sp³-hybridized carbons (Fsp3) is 0.250. The van der Waals surface area contributed by atoms with Crippen LogP contribution in [0.5, 0.6) is 0 Å². The minimum atomic E-state index is -0.442. The summed E-state index contributed by atoms with van der Waals surface area (Å²) in [6.07, 6.45) is 3.45. The molecule has 0 saturated carbocycles. The van der Waals surface area contributed by atoms with Gasteiger partial charge in [-0.3, -0.25) is 19.3 Å². The average molecular weight is 400 g/mol. The van der Waals surface area contributed by atoms with Gasteiger partial charge < -0.3 is 14.8 Å². The number of rotatable bonds is 8. The van der Waals surface area contributed by atoms with Crippen molar-refractivity contribution in [1.29, 1.82) is 0 Å². The van der Waals surface area contributed by atoms with Crippen molar-refractivity contribution in [1.82, 2.24) is 10.2 Å². The molecule has 1 fully saturated rings. The maximum absolute atomic E-state index is 12.4. The SMILES string of the molecule is O=C(CCN1C(=O)S/C(=C/c2ccco2)C1=O)N[C@@H](CO)Cc1ccccc1. The Balaban J connectivity index is 1.52. The number of carbonyl (C=O) groups is 3. The van der Waals surface area contributed by atoms with Gasteiger partial charge in [0.25, 0.3) is 11.1 Å². The quantitative estimate of drug-likeness (QED) is 0.660. The molecule has 0 bridgehead atoms. The van der Waals surface area contributed by atoms with E-state index in [4.69, 9.17) is 4.42 Å². The molecule has 2 N–H and O–H groups in total. The maximum Gasteiger partial charge on any atom is 0.293 e. The molecule has 146 valence electrons. The molecule has 0 radical (unpaired) electrons. The molecule has 1 saturated heterocycles. The van der Waals surface area contributed by atoms with E-state index < -0.39 is 17.2 Å². The monoisotopic (exact) mass is 400 g/mol. The predicted molar refractivity (Wildman–Crippen MR) is 105 cm³/mol. The Morgan fingerprint density at radius 3 is 2.68 bits per heavy atom. The molecule has 7 nitrogen and oxygen atoms in total. The Hall–Kier alpha value is -2.84. The minimum Gasteiger partial charge on any atom is -0.465 e. The first-order chi connectivity index (χ1) is 13.6. The lowest BCUT2D eigenvalue weighted by Gasteiger charge is -2.18. The molecular formula is C20H20N2O5S. The van der Waals surface area contributed by atoms with Crippen molar-refractivity contribution in [3.05, 3.63) is 65.0 Å². The van der Waals surface area contributed by atoms with Crippen LogP contribution in [0.4, 0.5) is 4.79 Å². The Kier molecular flexibility index (Phi) is 6.67. The first kappa shape index (κ1) is 19.9. The third-order valence-electron chi connectivity index (χ3n) is 4.16. The largest absolute Gasteiger partial charge is 0.465 e. The van der Waals surface area contributed by atoms with Crippen LogP contribution < -0.4 is 5.32 Å². The predicted octanol–water partition coefficient (Wildman–Crippen LogP) is 2.43. The fourth-order valence-electron chi connectivity index (χ4n) is 2.77. The molecule has 1 aliphatic rings. The Labute approximate surface area is 166 Å². The molecule has 1 aromatic carbocycles. The lowest BCUT2D eigenvalue weighted by Crippen LogP contribution is -2.41. The van der Waals surface area contributed by atoms with Gasteiger partial charge in [0.2, 0.25) is 5.91 Å². The number of thioether (sulfide) groups is 1. The molecule has 8 heteroatoms. The molecule has 0 unspecified atom stereocenters. The Bertz CT molecular complexity index is 864. The summed E-state index contributed by atoms with van der Waals surface area (Å²) < 4.78 is 5.16. The third-order valence-corrected chi connectivity index (χ3v) is 5.07. The van der Waals surface area contributed by atoms with Crippen LogP contribution in [0, 0.1) is 0 Å². The van der Waals surface area contributed by atoms with Crippen LogP contribution in [0.25, 0.3) is 6.08 Å². The number of nitrogens with zero attached hydrogens (tertiary/aromatic N) is 1. The van der Waals surface area contributed by atoms with E-state index in [1.54, 1.807) is 12.1 Å². The zero-order valence-electron chi connectivity index (χ0n) is 15.0. The number of hydrogen-bond donors (Lipinski definition) is 2. The Morgan fingerprint density at radius 2 is 2.00 bits per heavy atom. The summed E-state index contributed by atoms with van der Waals surface area (Å²) in [6.45, 7) is -0.219. The molecule has 2 aromatic rings. The van der Waals surface area contributed by atoms with Crippen LogP contribution in [0.2, 0.25) is 0 Å². The van der Waals surface area contributed by atoms with E-state index >= 15 is 0 Å². The lowest BCUT2D eigenvalue weighted by atomic mass is 10.1. The van der Waals surface area contributed by atoms with Gasteiger partial charge in [0.15, 0.2) is 0 Å². The second-order valence-corrected chi connectivity index (χ2v) is 7.23. The van der Waals surface area contributed by atoms with Gasteiger partial charge >= 0.3 is 0 Å². The normalized spacial score (nSPS) is 16.6. The van der Waals surface area contributed by atoms with Crippen LogP contribution >= 0.6 is 11.8 Å². The summed E-state index contributed by atoms with van der Waals surface area (Å²) in [7, 11) is 0. The molecule has 3 rings (SSSR count). The van der Waals surface area contributed by atoms with Gasteiger partial charge in [-0.25, -0.2) is 0 Å². The zero-order valence-corrected chi connectivity index (χ0v) is 15.9. The number of aliphatic hydroxyl groups is 1. The number of hydrogen-bond acceptors (Lipinski definition) is 6. The van der Waals surface area contributed by atoms with Gasteiger partial charge in [-0.15, -0.1) is 0 Å². The van der Waals surface area contributed by atoms with Crippen molar-refractivity contribution >= 4 is 34.9 Å². The zero-order chi connectivity index (χ0) is 19.9. The van der Waals surface area contributed by atoms with Crippen molar-refractivity contribution in [2.45, 2.75) is 18.9 Å². The molecule has 2 heterocycles. The molecule has 28 heavy (non-hydrogen) atoms. The number of imide groups is 1. The van der Waals surface area contributed by atoms with E-state index in [1.807, 2.05) is 30.3 Å². The molecular weight excluding hydrogens is 380 g/mol. The fourth-order valence-corrected chi connectivity index (χ4v) is 3.61. The molecule has 3 amide bonds. The number of aliphatic hydroxyl groups excluding tert-OH is 1. The van der Waals surface area contributed by atoms with Gasteiger partial charge in [-0.1, -0.05) is 30.3 Å². The van der Waals surface area contributed by atoms with Gasteiger partial charge in [-0.2, -0.15) is 0 Å². The van der Waals surface area contributed by atoms with E-state index in [-0.39, 0.29) is 30.4 Å². The van der Waals surface area contributed by atoms with Crippen LogP contribution in [0.3, 0.4) is 0 Å². The summed E-state index contributed by atoms with van der Waals surface area (Å²) in [5.74, 6) is -0.291. The van der Waals surface area contributed by atoms with E-state index in [1.165, 1.54) is 12.3 Å². The van der Waals surface area contributed by atoms with Crippen molar-refractivity contribution in [2.24, 2.45) is 0 Å². The highest BCUT2D eigenvalue weighted by Gasteiger charge is 2.35. The lowest BCUT2D eigenvalue weighted by molar-refractivity contribution is -0.124. The Morgan fingerprint density at radius 1 is 1.21 bits per heavy atom. The second kappa shape index (κ2) is 9.38. The van der Waals surface area contributed by atoms with E-state index in [0.717, 1.165) is 22.2 Å². The minimum absolute atomic E-state index is 0.0184. The second-order valence-electron chi connectivity index (χ2n) is 6.24. The highest BCUT2D eigenvalue weighted by Crippen LogP contribution is 2.32. The number of nitrogens with one attached hydrogen (secondary N) is 1. The van der Waals surface area contributed by atoms with Crippen LogP contribution in [0.1, 0.15) is 17.7 Å². The van der Waals surface area contributed by atoms with Gasteiger partial charge in [0, 0.05) is 19.0 Å². The topological polar surface area (TPSA) is 99.9 Å². The van der Waals surface area contributed by atoms with Crippen molar-refractivity contribution in [3.63, 3.8) is 0 Å². The maximum atomic E-state index is 12.4. The van der Waals surface area contributed by atoms with E-state index in [0.29, 0.717) is 12.2 Å². The van der Waals surface area contributed by atoms with Gasteiger partial charge in [0.05, 0.1) is 23.8 Å². The number of carbonyl (C=O) groups excluding carboxylic acids is 3. The average Bonchev–Trinajstić information content (AvgIpc) is 3.29.